The summed E-state index contributed by atoms with van der Waals surface area (Å²) in [5.74, 6) is -0.848. The molecule has 0 aromatic carbocycles. The maximum Gasteiger partial charge on any atom is 0.417 e. The predicted octanol–water partition coefficient (Wildman–Crippen LogP) is 2.22. The number of halogens is 3. The summed E-state index contributed by atoms with van der Waals surface area (Å²) < 4.78 is 37.8. The van der Waals surface area contributed by atoms with Crippen LogP contribution in [-0.4, -0.2) is 22.3 Å². The van der Waals surface area contributed by atoms with Crippen LogP contribution in [0, 0.1) is 0 Å². The number of carbonyl (C=O) groups is 1. The van der Waals surface area contributed by atoms with Crippen molar-refractivity contribution in [3.05, 3.63) is 29.6 Å². The molecule has 0 bridgehead atoms. The van der Waals surface area contributed by atoms with E-state index < -0.39 is 29.3 Å². The summed E-state index contributed by atoms with van der Waals surface area (Å²) in [6.07, 6.45) is -2.72. The lowest BCUT2D eigenvalue weighted by atomic mass is 10.1. The molecule has 7 heteroatoms. The summed E-state index contributed by atoms with van der Waals surface area (Å²) in [5.41, 5.74) is -1.52. The van der Waals surface area contributed by atoms with Crippen molar-refractivity contribution in [2.45, 2.75) is 19.1 Å². The Bertz CT molecular complexity index is 434. The fourth-order valence-electron chi connectivity index (χ4n) is 1.14. The van der Waals surface area contributed by atoms with Crippen LogP contribution in [-0.2, 0) is 6.18 Å². The average Bonchev–Trinajstić information content (AvgIpc) is 2.27. The molecule has 1 rings (SSSR count). The van der Waals surface area contributed by atoms with Crippen LogP contribution in [0.5, 0.6) is 0 Å². The summed E-state index contributed by atoms with van der Waals surface area (Å²) in [4.78, 5) is 15.1. The monoisotopic (exact) mass is 262 g/mol. The second-order valence-electron chi connectivity index (χ2n) is 3.32. The van der Waals surface area contributed by atoms with Crippen LogP contribution >= 0.6 is 12.2 Å². The number of alkyl halides is 3. The number of nitrogens with one attached hydrogen (secondary N) is 1. The third-order valence-electron chi connectivity index (χ3n) is 1.93. The van der Waals surface area contributed by atoms with Crippen molar-refractivity contribution < 1.29 is 18.0 Å². The van der Waals surface area contributed by atoms with E-state index in [0.29, 0.717) is 0 Å². The molecule has 0 saturated heterocycles. The van der Waals surface area contributed by atoms with Gasteiger partial charge in [-0.1, -0.05) is 12.2 Å². The lowest BCUT2D eigenvalue weighted by Crippen LogP contribution is -2.34. The van der Waals surface area contributed by atoms with E-state index in [1.807, 2.05) is 0 Å². The molecule has 1 heterocycles. The summed E-state index contributed by atoms with van der Waals surface area (Å²) in [5, 5.41) is 3.57. The molecule has 0 aliphatic heterocycles. The van der Waals surface area contributed by atoms with Gasteiger partial charge in [0.1, 0.15) is 0 Å². The number of nitrogens with zero attached hydrogens (tertiary/aromatic N) is 1. The van der Waals surface area contributed by atoms with E-state index in [-0.39, 0.29) is 0 Å². The molecular weight excluding hydrogens is 253 g/mol. The van der Waals surface area contributed by atoms with E-state index in [0.717, 1.165) is 18.5 Å². The number of aromatic nitrogens is 1. The highest BCUT2D eigenvalue weighted by Gasteiger charge is 2.35. The molecule has 0 fully saturated rings. The smallest absolute Gasteiger partial charge is 0.345 e. The average molecular weight is 262 g/mol. The second kappa shape index (κ2) is 5.22. The highest BCUT2D eigenvalue weighted by atomic mass is 32.1. The summed E-state index contributed by atoms with van der Waals surface area (Å²) in [6, 6.07) is 0.274. The predicted molar refractivity (Wildman–Crippen MR) is 59.8 cm³/mol. The van der Waals surface area contributed by atoms with Gasteiger partial charge in [-0.25, -0.2) is 0 Å². The van der Waals surface area contributed by atoms with Gasteiger partial charge in [-0.05, 0) is 13.0 Å². The number of thiocarbonyl (C=S) groups is 1. The van der Waals surface area contributed by atoms with Crippen LogP contribution < -0.4 is 5.32 Å². The van der Waals surface area contributed by atoms with Gasteiger partial charge >= 0.3 is 6.18 Å². The SMILES string of the molecule is CC(C=S)NC(=O)c1cnccc1C(F)(F)F. The minimum atomic E-state index is -4.59. The number of pyridine rings is 1. The zero-order valence-corrected chi connectivity index (χ0v) is 9.60. The normalized spacial score (nSPS) is 12.9. The lowest BCUT2D eigenvalue weighted by Gasteiger charge is -2.13. The fraction of sp³-hybridized carbons (Fsp3) is 0.300. The van der Waals surface area contributed by atoms with Gasteiger partial charge in [-0.15, -0.1) is 0 Å². The molecule has 1 N–H and O–H groups in total. The maximum absolute atomic E-state index is 12.6. The molecule has 1 aromatic heterocycles. The van der Waals surface area contributed by atoms with Crippen molar-refractivity contribution in [2.24, 2.45) is 0 Å². The van der Waals surface area contributed by atoms with E-state index in [9.17, 15) is 18.0 Å². The van der Waals surface area contributed by atoms with Crippen LogP contribution in [0.1, 0.15) is 22.8 Å². The number of hydrogen-bond acceptors (Lipinski definition) is 3. The minimum Gasteiger partial charge on any atom is -0.345 e. The maximum atomic E-state index is 12.6. The minimum absolute atomic E-state index is 0.487. The molecule has 1 unspecified atom stereocenters. The highest BCUT2D eigenvalue weighted by molar-refractivity contribution is 7.79. The van der Waals surface area contributed by atoms with Gasteiger partial charge in [0, 0.05) is 17.8 Å². The second-order valence-corrected chi connectivity index (χ2v) is 3.59. The quantitative estimate of drug-likeness (QED) is 0.849. The lowest BCUT2D eigenvalue weighted by molar-refractivity contribution is -0.138. The Labute approximate surface area is 101 Å². The van der Waals surface area contributed by atoms with E-state index in [2.05, 4.69) is 22.5 Å². The van der Waals surface area contributed by atoms with Crippen molar-refractivity contribution in [2.75, 3.05) is 0 Å². The Morgan fingerprint density at radius 3 is 2.76 bits per heavy atom. The zero-order chi connectivity index (χ0) is 13.1. The number of amides is 1. The molecule has 1 aromatic rings. The molecule has 0 saturated carbocycles. The van der Waals surface area contributed by atoms with Crippen LogP contribution in [0.15, 0.2) is 18.5 Å². The molecule has 0 radical (unpaired) electrons. The van der Waals surface area contributed by atoms with Gasteiger partial charge in [-0.2, -0.15) is 13.2 Å². The van der Waals surface area contributed by atoms with Crippen molar-refractivity contribution in [3.63, 3.8) is 0 Å². The van der Waals surface area contributed by atoms with Crippen molar-refractivity contribution in [3.8, 4) is 0 Å². The molecule has 17 heavy (non-hydrogen) atoms. The fourth-order valence-corrected chi connectivity index (χ4v) is 1.21. The molecule has 0 spiro atoms. The Hall–Kier alpha value is -1.50. The van der Waals surface area contributed by atoms with E-state index in [1.165, 1.54) is 5.37 Å². The molecule has 0 aliphatic rings. The van der Waals surface area contributed by atoms with Crippen molar-refractivity contribution >= 4 is 23.5 Å². The first-order valence-electron chi connectivity index (χ1n) is 4.63. The number of rotatable bonds is 3. The van der Waals surface area contributed by atoms with E-state index >= 15 is 0 Å². The molecule has 92 valence electrons. The van der Waals surface area contributed by atoms with E-state index in [4.69, 9.17) is 0 Å². The van der Waals surface area contributed by atoms with Crippen LogP contribution in [0.3, 0.4) is 0 Å². The summed E-state index contributed by atoms with van der Waals surface area (Å²) in [6.45, 7) is 1.56. The Balaban J connectivity index is 3.06. The zero-order valence-electron chi connectivity index (χ0n) is 8.78. The van der Waals surface area contributed by atoms with Gasteiger partial charge in [0.15, 0.2) is 0 Å². The topological polar surface area (TPSA) is 42.0 Å². The highest BCUT2D eigenvalue weighted by Crippen LogP contribution is 2.31. The standard InChI is InChI=1S/C10H9F3N2OS/c1-6(5-17)15-9(16)7-4-14-3-2-8(7)10(11,12)13/h2-6H,1H3,(H,15,16). The van der Waals surface area contributed by atoms with Crippen LogP contribution in [0.25, 0.3) is 0 Å². The molecule has 1 amide bonds. The van der Waals surface area contributed by atoms with Gasteiger partial charge in [0.05, 0.1) is 17.2 Å². The molecule has 3 nitrogen and oxygen atoms in total. The van der Waals surface area contributed by atoms with Gasteiger partial charge in [0.25, 0.3) is 5.91 Å². The molecular formula is C10H9F3N2OS. The summed E-state index contributed by atoms with van der Waals surface area (Å²) in [7, 11) is 0. The van der Waals surface area contributed by atoms with Crippen LogP contribution in [0.4, 0.5) is 13.2 Å². The first kappa shape index (κ1) is 13.6. The first-order chi connectivity index (χ1) is 7.86. The van der Waals surface area contributed by atoms with Gasteiger partial charge in [0.2, 0.25) is 0 Å². The Kier molecular flexibility index (Phi) is 4.17. The number of hydrogen-bond donors (Lipinski definition) is 1. The Morgan fingerprint density at radius 1 is 1.59 bits per heavy atom. The van der Waals surface area contributed by atoms with Gasteiger partial charge < -0.3 is 5.32 Å². The third kappa shape index (κ3) is 3.48. The third-order valence-corrected chi connectivity index (χ3v) is 2.34. The van der Waals surface area contributed by atoms with Crippen molar-refractivity contribution in [1.82, 2.24) is 10.3 Å². The van der Waals surface area contributed by atoms with Gasteiger partial charge in [-0.3, -0.25) is 9.78 Å². The summed E-state index contributed by atoms with van der Waals surface area (Å²) >= 11 is 4.57. The van der Waals surface area contributed by atoms with Crippen molar-refractivity contribution in [1.29, 1.82) is 0 Å². The largest absolute Gasteiger partial charge is 0.417 e. The van der Waals surface area contributed by atoms with E-state index in [1.54, 1.807) is 6.92 Å². The molecule has 1 atom stereocenters. The first-order valence-corrected chi connectivity index (χ1v) is 5.10. The number of carbonyl (C=O) groups excluding carboxylic acids is 1. The van der Waals surface area contributed by atoms with Crippen LogP contribution in [0.2, 0.25) is 0 Å². The Morgan fingerprint density at radius 2 is 2.24 bits per heavy atom. The molecule has 0 aliphatic carbocycles.